The fourth-order valence-corrected chi connectivity index (χ4v) is 1.88. The summed E-state index contributed by atoms with van der Waals surface area (Å²) in [6.07, 6.45) is 3.12. The fraction of sp³-hybridized carbons (Fsp3) is 0.286. The minimum absolute atomic E-state index is 0.937. The van der Waals surface area contributed by atoms with E-state index in [1.165, 1.54) is 16.5 Å². The first-order valence-corrected chi connectivity index (χ1v) is 5.48. The van der Waals surface area contributed by atoms with Crippen LogP contribution in [0, 0.1) is 0 Å². The Morgan fingerprint density at radius 1 is 1.38 bits per heavy atom. The molecule has 0 radical (unpaired) electrons. The maximum absolute atomic E-state index is 5.34. The van der Waals surface area contributed by atoms with Crippen LogP contribution in [0.4, 0.5) is 0 Å². The van der Waals surface area contributed by atoms with Crippen molar-refractivity contribution in [2.24, 2.45) is 0 Å². The summed E-state index contributed by atoms with van der Waals surface area (Å²) in [7, 11) is 1.71. The number of benzene rings is 1. The maximum atomic E-state index is 5.34. The lowest BCUT2D eigenvalue weighted by Gasteiger charge is -2.06. The van der Waals surface area contributed by atoms with Crippen LogP contribution in [0.3, 0.4) is 0 Å². The van der Waals surface area contributed by atoms with Gasteiger partial charge in [-0.05, 0) is 31.5 Å². The van der Waals surface area contributed by atoms with Crippen molar-refractivity contribution in [3.63, 3.8) is 0 Å². The molecule has 0 bridgehead atoms. The summed E-state index contributed by atoms with van der Waals surface area (Å²) in [6, 6.07) is 8.24. The zero-order valence-electron chi connectivity index (χ0n) is 9.86. The van der Waals surface area contributed by atoms with Gasteiger partial charge in [0.1, 0.15) is 5.75 Å². The molecule has 84 valence electrons. The van der Waals surface area contributed by atoms with Gasteiger partial charge in [-0.2, -0.15) is 0 Å². The van der Waals surface area contributed by atoms with E-state index in [0.29, 0.717) is 0 Å². The SMILES string of the molecule is C=C(C)CCn1ccc2c(OC)cccc21. The van der Waals surface area contributed by atoms with E-state index in [4.69, 9.17) is 4.74 Å². The molecule has 1 aromatic carbocycles. The molecule has 0 aliphatic rings. The van der Waals surface area contributed by atoms with Crippen LogP contribution in [-0.4, -0.2) is 11.7 Å². The topological polar surface area (TPSA) is 14.2 Å². The Bertz CT molecular complexity index is 510. The molecule has 2 aromatic rings. The standard InChI is InChI=1S/C14H17NO/c1-11(2)7-9-15-10-8-12-13(15)5-4-6-14(12)16-3/h4-6,8,10H,1,7,9H2,2-3H3. The number of ether oxygens (including phenoxy) is 1. The van der Waals surface area contributed by atoms with Crippen molar-refractivity contribution in [2.75, 3.05) is 7.11 Å². The molecular weight excluding hydrogens is 198 g/mol. The summed E-state index contributed by atoms with van der Waals surface area (Å²) in [5, 5.41) is 1.17. The van der Waals surface area contributed by atoms with Crippen LogP contribution >= 0.6 is 0 Å². The van der Waals surface area contributed by atoms with E-state index in [0.717, 1.165) is 18.7 Å². The lowest BCUT2D eigenvalue weighted by Crippen LogP contribution is -1.96. The van der Waals surface area contributed by atoms with E-state index in [2.05, 4.69) is 36.4 Å². The highest BCUT2D eigenvalue weighted by Gasteiger charge is 2.04. The van der Waals surface area contributed by atoms with Gasteiger partial charge in [0.25, 0.3) is 0 Å². The van der Waals surface area contributed by atoms with Crippen molar-refractivity contribution in [3.05, 3.63) is 42.6 Å². The van der Waals surface area contributed by atoms with Gasteiger partial charge in [0.2, 0.25) is 0 Å². The van der Waals surface area contributed by atoms with Gasteiger partial charge in [-0.3, -0.25) is 0 Å². The molecule has 16 heavy (non-hydrogen) atoms. The van der Waals surface area contributed by atoms with Gasteiger partial charge >= 0.3 is 0 Å². The molecule has 2 nitrogen and oxygen atoms in total. The molecule has 0 saturated carbocycles. The Morgan fingerprint density at radius 2 is 2.19 bits per heavy atom. The van der Waals surface area contributed by atoms with Crippen molar-refractivity contribution < 1.29 is 4.74 Å². The summed E-state index contributed by atoms with van der Waals surface area (Å²) >= 11 is 0. The van der Waals surface area contributed by atoms with Crippen molar-refractivity contribution in [1.82, 2.24) is 4.57 Å². The number of fused-ring (bicyclic) bond motifs is 1. The number of allylic oxidation sites excluding steroid dienone is 1. The third-order valence-electron chi connectivity index (χ3n) is 2.77. The predicted molar refractivity (Wildman–Crippen MR) is 67.9 cm³/mol. The monoisotopic (exact) mass is 215 g/mol. The van der Waals surface area contributed by atoms with Crippen molar-refractivity contribution >= 4 is 10.9 Å². The molecule has 0 atom stereocenters. The van der Waals surface area contributed by atoms with Crippen LogP contribution in [-0.2, 0) is 6.54 Å². The summed E-state index contributed by atoms with van der Waals surface area (Å²) in [6.45, 7) is 6.97. The second-order valence-corrected chi connectivity index (χ2v) is 4.11. The van der Waals surface area contributed by atoms with Gasteiger partial charge in [-0.15, -0.1) is 6.58 Å². The van der Waals surface area contributed by atoms with Crippen LogP contribution in [0.15, 0.2) is 42.6 Å². The Morgan fingerprint density at radius 3 is 2.88 bits per heavy atom. The number of aryl methyl sites for hydroxylation is 1. The first kappa shape index (κ1) is 10.8. The average molecular weight is 215 g/mol. The van der Waals surface area contributed by atoms with Gasteiger partial charge in [0, 0.05) is 18.1 Å². The fourth-order valence-electron chi connectivity index (χ4n) is 1.88. The highest BCUT2D eigenvalue weighted by atomic mass is 16.5. The normalized spacial score (nSPS) is 10.6. The van der Waals surface area contributed by atoms with E-state index in [1.807, 2.05) is 12.1 Å². The minimum Gasteiger partial charge on any atom is -0.496 e. The van der Waals surface area contributed by atoms with Crippen LogP contribution < -0.4 is 4.74 Å². The minimum atomic E-state index is 0.937. The van der Waals surface area contributed by atoms with Gasteiger partial charge < -0.3 is 9.30 Å². The number of aromatic nitrogens is 1. The van der Waals surface area contributed by atoms with E-state index >= 15 is 0 Å². The Balaban J connectivity index is 2.37. The molecule has 0 aliphatic carbocycles. The molecule has 1 heterocycles. The number of rotatable bonds is 4. The van der Waals surface area contributed by atoms with Crippen LogP contribution in [0.25, 0.3) is 10.9 Å². The number of methoxy groups -OCH3 is 1. The Labute approximate surface area is 96.1 Å². The van der Waals surface area contributed by atoms with E-state index in [1.54, 1.807) is 7.11 Å². The molecular formula is C14H17NO. The summed E-state index contributed by atoms with van der Waals surface area (Å²) in [4.78, 5) is 0. The zero-order valence-corrected chi connectivity index (χ0v) is 9.86. The predicted octanol–water partition coefficient (Wildman–Crippen LogP) is 3.62. The smallest absolute Gasteiger partial charge is 0.128 e. The molecule has 2 rings (SSSR count). The Hall–Kier alpha value is -1.70. The van der Waals surface area contributed by atoms with E-state index in [9.17, 15) is 0 Å². The average Bonchev–Trinajstić information content (AvgIpc) is 2.69. The zero-order chi connectivity index (χ0) is 11.5. The number of hydrogen-bond donors (Lipinski definition) is 0. The second kappa shape index (κ2) is 4.44. The number of hydrogen-bond acceptors (Lipinski definition) is 1. The van der Waals surface area contributed by atoms with Crippen molar-refractivity contribution in [3.8, 4) is 5.75 Å². The van der Waals surface area contributed by atoms with E-state index in [-0.39, 0.29) is 0 Å². The molecule has 1 aromatic heterocycles. The molecule has 0 spiro atoms. The second-order valence-electron chi connectivity index (χ2n) is 4.11. The van der Waals surface area contributed by atoms with Gasteiger partial charge in [-0.25, -0.2) is 0 Å². The lowest BCUT2D eigenvalue weighted by atomic mass is 10.2. The highest BCUT2D eigenvalue weighted by molar-refractivity contribution is 5.86. The van der Waals surface area contributed by atoms with Crippen LogP contribution in [0.5, 0.6) is 5.75 Å². The summed E-state index contributed by atoms with van der Waals surface area (Å²) in [5.74, 6) is 0.937. The molecule has 0 N–H and O–H groups in total. The third kappa shape index (κ3) is 1.96. The third-order valence-corrected chi connectivity index (χ3v) is 2.77. The maximum Gasteiger partial charge on any atom is 0.128 e. The first-order valence-electron chi connectivity index (χ1n) is 5.48. The molecule has 0 saturated heterocycles. The summed E-state index contributed by atoms with van der Waals surface area (Å²) < 4.78 is 7.58. The molecule has 2 heteroatoms. The quantitative estimate of drug-likeness (QED) is 0.710. The van der Waals surface area contributed by atoms with Crippen LogP contribution in [0.2, 0.25) is 0 Å². The first-order chi connectivity index (χ1) is 7.72. The molecule has 0 unspecified atom stereocenters. The number of nitrogens with zero attached hydrogens (tertiary/aromatic N) is 1. The van der Waals surface area contributed by atoms with Crippen LogP contribution in [0.1, 0.15) is 13.3 Å². The van der Waals surface area contributed by atoms with E-state index < -0.39 is 0 Å². The lowest BCUT2D eigenvalue weighted by molar-refractivity contribution is 0.420. The van der Waals surface area contributed by atoms with Gasteiger partial charge in [0.15, 0.2) is 0 Å². The molecule has 0 fully saturated rings. The Kier molecular flexibility index (Phi) is 3.00. The molecule has 0 aliphatic heterocycles. The van der Waals surface area contributed by atoms with Crippen molar-refractivity contribution in [1.29, 1.82) is 0 Å². The summed E-state index contributed by atoms with van der Waals surface area (Å²) in [5.41, 5.74) is 2.44. The van der Waals surface area contributed by atoms with Gasteiger partial charge in [0.05, 0.1) is 12.6 Å². The largest absolute Gasteiger partial charge is 0.496 e. The van der Waals surface area contributed by atoms with Crippen molar-refractivity contribution in [2.45, 2.75) is 19.9 Å². The molecule has 0 amide bonds. The van der Waals surface area contributed by atoms with Gasteiger partial charge in [-0.1, -0.05) is 11.6 Å². The highest BCUT2D eigenvalue weighted by Crippen LogP contribution is 2.26.